The van der Waals surface area contributed by atoms with Gasteiger partial charge in [0.05, 0.1) is 5.52 Å². The molecule has 0 radical (unpaired) electrons. The molecule has 0 unspecified atom stereocenters. The Morgan fingerprint density at radius 1 is 0.933 bits per heavy atom. The molecular formula is C24H25N3O3. The molecule has 1 fully saturated rings. The van der Waals surface area contributed by atoms with Crippen LogP contribution in [0.3, 0.4) is 0 Å². The summed E-state index contributed by atoms with van der Waals surface area (Å²) in [6.45, 7) is 5.35. The van der Waals surface area contributed by atoms with Gasteiger partial charge in [-0.3, -0.25) is 9.69 Å². The van der Waals surface area contributed by atoms with Gasteiger partial charge in [-0.1, -0.05) is 54.6 Å². The number of ether oxygens (including phenoxy) is 1. The van der Waals surface area contributed by atoms with Crippen molar-refractivity contribution >= 4 is 22.8 Å². The molecule has 2 heterocycles. The highest BCUT2D eigenvalue weighted by atomic mass is 16.5. The van der Waals surface area contributed by atoms with Crippen LogP contribution in [-0.2, 0) is 16.1 Å². The maximum Gasteiger partial charge on any atom is 0.357 e. The van der Waals surface area contributed by atoms with Gasteiger partial charge in [0.15, 0.2) is 6.10 Å². The van der Waals surface area contributed by atoms with Gasteiger partial charge in [-0.2, -0.15) is 0 Å². The molecule has 4 rings (SSSR count). The van der Waals surface area contributed by atoms with E-state index in [0.717, 1.165) is 30.5 Å². The van der Waals surface area contributed by atoms with Crippen molar-refractivity contribution in [3.63, 3.8) is 0 Å². The number of para-hydroxylation sites is 1. The van der Waals surface area contributed by atoms with Crippen LogP contribution in [0.1, 0.15) is 23.0 Å². The molecule has 30 heavy (non-hydrogen) atoms. The third-order valence-electron chi connectivity index (χ3n) is 5.37. The Bertz CT molecular complexity index is 1030. The quantitative estimate of drug-likeness (QED) is 0.613. The number of hydrogen-bond donors (Lipinski definition) is 0. The molecule has 1 amide bonds. The number of rotatable bonds is 5. The number of carbonyl (C=O) groups excluding carboxylic acids is 2. The highest BCUT2D eigenvalue weighted by Crippen LogP contribution is 2.14. The molecule has 0 bridgehead atoms. The first kappa shape index (κ1) is 20.0. The summed E-state index contributed by atoms with van der Waals surface area (Å²) in [4.78, 5) is 33.7. The highest BCUT2D eigenvalue weighted by molar-refractivity contribution is 5.93. The molecular weight excluding hydrogens is 378 g/mol. The van der Waals surface area contributed by atoms with E-state index < -0.39 is 12.1 Å². The van der Waals surface area contributed by atoms with E-state index in [1.807, 2.05) is 48.5 Å². The molecule has 6 heteroatoms. The number of fused-ring (bicyclic) bond motifs is 1. The zero-order chi connectivity index (χ0) is 20.9. The van der Waals surface area contributed by atoms with Crippen molar-refractivity contribution in [3.8, 4) is 0 Å². The van der Waals surface area contributed by atoms with E-state index in [4.69, 9.17) is 4.74 Å². The Kier molecular flexibility index (Phi) is 6.05. The lowest BCUT2D eigenvalue weighted by molar-refractivity contribution is -0.141. The van der Waals surface area contributed by atoms with E-state index in [1.54, 1.807) is 17.9 Å². The molecule has 0 N–H and O–H groups in total. The Balaban J connectivity index is 1.30. The van der Waals surface area contributed by atoms with Gasteiger partial charge in [0.2, 0.25) is 0 Å². The average molecular weight is 403 g/mol. The fraction of sp³-hybridized carbons (Fsp3) is 0.292. The van der Waals surface area contributed by atoms with Gasteiger partial charge in [0.1, 0.15) is 5.69 Å². The summed E-state index contributed by atoms with van der Waals surface area (Å²) in [6.07, 6.45) is -0.841. The van der Waals surface area contributed by atoms with Crippen LogP contribution < -0.4 is 0 Å². The van der Waals surface area contributed by atoms with Crippen LogP contribution in [-0.4, -0.2) is 58.9 Å². The summed E-state index contributed by atoms with van der Waals surface area (Å²) in [5, 5.41) is 0.951. The van der Waals surface area contributed by atoms with Gasteiger partial charge in [0, 0.05) is 38.1 Å². The SMILES string of the molecule is C[C@@H](OC(=O)c1ccc2ccccc2n1)C(=O)N1CCN(Cc2ccccc2)CC1. The molecule has 154 valence electrons. The lowest BCUT2D eigenvalue weighted by Gasteiger charge is -2.35. The van der Waals surface area contributed by atoms with Crippen molar-refractivity contribution in [1.82, 2.24) is 14.8 Å². The summed E-state index contributed by atoms with van der Waals surface area (Å²) in [7, 11) is 0. The predicted octanol–water partition coefficient (Wildman–Crippen LogP) is 3.12. The lowest BCUT2D eigenvalue weighted by atomic mass is 10.2. The Morgan fingerprint density at radius 2 is 1.63 bits per heavy atom. The number of hydrogen-bond acceptors (Lipinski definition) is 5. The van der Waals surface area contributed by atoms with Gasteiger partial charge < -0.3 is 9.64 Å². The molecule has 6 nitrogen and oxygen atoms in total. The normalized spacial score (nSPS) is 15.7. The first-order valence-corrected chi connectivity index (χ1v) is 10.2. The van der Waals surface area contributed by atoms with Gasteiger partial charge in [0.25, 0.3) is 5.91 Å². The first-order valence-electron chi connectivity index (χ1n) is 10.2. The summed E-state index contributed by atoms with van der Waals surface area (Å²) >= 11 is 0. The topological polar surface area (TPSA) is 62.7 Å². The van der Waals surface area contributed by atoms with Crippen molar-refractivity contribution in [2.45, 2.75) is 19.6 Å². The van der Waals surface area contributed by atoms with Crippen LogP contribution in [0, 0.1) is 0 Å². The number of nitrogens with zero attached hydrogens (tertiary/aromatic N) is 3. The van der Waals surface area contributed by atoms with E-state index in [2.05, 4.69) is 22.0 Å². The predicted molar refractivity (Wildman–Crippen MR) is 115 cm³/mol. The molecule has 0 spiro atoms. The minimum absolute atomic E-state index is 0.163. The second-order valence-electron chi connectivity index (χ2n) is 7.52. The van der Waals surface area contributed by atoms with Crippen LogP contribution in [0.4, 0.5) is 0 Å². The third-order valence-corrected chi connectivity index (χ3v) is 5.37. The maximum atomic E-state index is 12.8. The number of carbonyl (C=O) groups is 2. The minimum Gasteiger partial charge on any atom is -0.448 e. The van der Waals surface area contributed by atoms with E-state index in [9.17, 15) is 9.59 Å². The molecule has 1 saturated heterocycles. The number of amides is 1. The monoisotopic (exact) mass is 403 g/mol. The molecule has 2 aromatic carbocycles. The van der Waals surface area contributed by atoms with Gasteiger partial charge in [-0.15, -0.1) is 0 Å². The second-order valence-corrected chi connectivity index (χ2v) is 7.52. The Hall–Kier alpha value is -3.25. The molecule has 0 aliphatic carbocycles. The zero-order valence-electron chi connectivity index (χ0n) is 17.0. The van der Waals surface area contributed by atoms with E-state index >= 15 is 0 Å². The smallest absolute Gasteiger partial charge is 0.357 e. The average Bonchev–Trinajstić information content (AvgIpc) is 2.79. The maximum absolute atomic E-state index is 12.8. The molecule has 1 aliphatic rings. The van der Waals surface area contributed by atoms with Crippen molar-refractivity contribution in [2.24, 2.45) is 0 Å². The number of benzene rings is 2. The number of aromatic nitrogens is 1. The molecule has 1 aromatic heterocycles. The van der Waals surface area contributed by atoms with Crippen LogP contribution in [0.25, 0.3) is 10.9 Å². The van der Waals surface area contributed by atoms with Crippen LogP contribution in [0.15, 0.2) is 66.7 Å². The van der Waals surface area contributed by atoms with Crippen molar-refractivity contribution in [2.75, 3.05) is 26.2 Å². The van der Waals surface area contributed by atoms with Crippen LogP contribution in [0.2, 0.25) is 0 Å². The fourth-order valence-electron chi connectivity index (χ4n) is 3.68. The van der Waals surface area contributed by atoms with E-state index in [-0.39, 0.29) is 11.6 Å². The summed E-state index contributed by atoms with van der Waals surface area (Å²) < 4.78 is 5.42. The zero-order valence-corrected chi connectivity index (χ0v) is 17.0. The van der Waals surface area contributed by atoms with Crippen molar-refractivity contribution in [1.29, 1.82) is 0 Å². The van der Waals surface area contributed by atoms with Gasteiger partial charge in [-0.25, -0.2) is 9.78 Å². The number of esters is 1. The van der Waals surface area contributed by atoms with Crippen LogP contribution in [0.5, 0.6) is 0 Å². The van der Waals surface area contributed by atoms with Gasteiger partial charge in [-0.05, 0) is 24.6 Å². The second kappa shape index (κ2) is 9.05. The lowest BCUT2D eigenvalue weighted by Crippen LogP contribution is -2.51. The summed E-state index contributed by atoms with van der Waals surface area (Å²) in [5.41, 5.74) is 2.20. The van der Waals surface area contributed by atoms with E-state index in [0.29, 0.717) is 13.1 Å². The fourth-order valence-corrected chi connectivity index (χ4v) is 3.68. The van der Waals surface area contributed by atoms with Crippen molar-refractivity contribution < 1.29 is 14.3 Å². The van der Waals surface area contributed by atoms with E-state index in [1.165, 1.54) is 5.56 Å². The molecule has 3 aromatic rings. The molecule has 1 aliphatic heterocycles. The standard InChI is InChI=1S/C24H25N3O3/c1-18(30-24(29)22-12-11-20-9-5-6-10-21(20)25-22)23(28)27-15-13-26(14-16-27)17-19-7-3-2-4-8-19/h2-12,18H,13-17H2,1H3/t18-/m1/s1. The Labute approximate surface area is 176 Å². The number of piperazine rings is 1. The minimum atomic E-state index is -0.841. The molecule has 0 saturated carbocycles. The third kappa shape index (κ3) is 4.66. The summed E-state index contributed by atoms with van der Waals surface area (Å²) in [5.74, 6) is -0.743. The number of pyridine rings is 1. The first-order chi connectivity index (χ1) is 14.6. The summed E-state index contributed by atoms with van der Waals surface area (Å²) in [6, 6.07) is 21.3. The highest BCUT2D eigenvalue weighted by Gasteiger charge is 2.27. The largest absolute Gasteiger partial charge is 0.448 e. The van der Waals surface area contributed by atoms with Crippen molar-refractivity contribution in [3.05, 3.63) is 78.0 Å². The Morgan fingerprint density at radius 3 is 2.40 bits per heavy atom. The van der Waals surface area contributed by atoms with Gasteiger partial charge >= 0.3 is 5.97 Å². The molecule has 1 atom stereocenters. The van der Waals surface area contributed by atoms with Crippen LogP contribution >= 0.6 is 0 Å².